The molecule has 1 aliphatic heterocycles. The van der Waals surface area contributed by atoms with Crippen LogP contribution in [-0.2, 0) is 0 Å². The number of amides is 1. The summed E-state index contributed by atoms with van der Waals surface area (Å²) in [7, 11) is 1.85. The van der Waals surface area contributed by atoms with E-state index in [0.717, 1.165) is 38.3 Å². The van der Waals surface area contributed by atoms with Crippen molar-refractivity contribution in [3.63, 3.8) is 0 Å². The van der Waals surface area contributed by atoms with Crippen molar-refractivity contribution in [1.29, 1.82) is 0 Å². The number of hydrogen-bond donors (Lipinski definition) is 0. The highest BCUT2D eigenvalue weighted by atomic mass is 16.2. The Kier molecular flexibility index (Phi) is 5.75. The van der Waals surface area contributed by atoms with E-state index in [1.807, 2.05) is 20.0 Å². The highest BCUT2D eigenvalue weighted by Crippen LogP contribution is 2.22. The van der Waals surface area contributed by atoms with Gasteiger partial charge in [0.15, 0.2) is 0 Å². The Hall–Kier alpha value is -1.65. The summed E-state index contributed by atoms with van der Waals surface area (Å²) in [5.41, 5.74) is 0.513. The number of piperidine rings is 1. The van der Waals surface area contributed by atoms with Crippen molar-refractivity contribution in [2.24, 2.45) is 5.92 Å². The second-order valence-corrected chi connectivity index (χ2v) is 6.43. The summed E-state index contributed by atoms with van der Waals surface area (Å²) in [5.74, 6) is 2.23. The maximum atomic E-state index is 12.5. The van der Waals surface area contributed by atoms with Crippen LogP contribution in [0, 0.1) is 12.8 Å². The molecule has 5 nitrogen and oxygen atoms in total. The Balaban J connectivity index is 2.17. The number of aryl methyl sites for hydroxylation is 1. The zero-order valence-electron chi connectivity index (χ0n) is 14.3. The summed E-state index contributed by atoms with van der Waals surface area (Å²) < 4.78 is 0. The molecule has 0 radical (unpaired) electrons. The van der Waals surface area contributed by atoms with Crippen LogP contribution in [0.4, 0.5) is 5.82 Å². The lowest BCUT2D eigenvalue weighted by Crippen LogP contribution is -2.35. The first-order valence-corrected chi connectivity index (χ1v) is 8.37. The first kappa shape index (κ1) is 16.7. The van der Waals surface area contributed by atoms with Gasteiger partial charge >= 0.3 is 0 Å². The molecular formula is C17H28N4O. The summed E-state index contributed by atoms with van der Waals surface area (Å²) in [6, 6.07) is 1.86. The number of anilines is 1. The van der Waals surface area contributed by atoms with Crippen molar-refractivity contribution in [1.82, 2.24) is 14.9 Å². The number of hydrogen-bond acceptors (Lipinski definition) is 4. The van der Waals surface area contributed by atoms with Gasteiger partial charge in [0.25, 0.3) is 5.91 Å². The number of unbranched alkanes of at least 4 members (excludes halogenated alkanes) is 1. The van der Waals surface area contributed by atoms with Gasteiger partial charge in [0.1, 0.15) is 17.3 Å². The van der Waals surface area contributed by atoms with Gasteiger partial charge in [-0.1, -0.05) is 20.3 Å². The molecule has 1 aromatic heterocycles. The predicted octanol–water partition coefficient (Wildman–Crippen LogP) is 2.89. The van der Waals surface area contributed by atoms with Crippen molar-refractivity contribution in [3.05, 3.63) is 17.6 Å². The summed E-state index contributed by atoms with van der Waals surface area (Å²) >= 11 is 0. The van der Waals surface area contributed by atoms with Crippen molar-refractivity contribution in [2.45, 2.75) is 46.5 Å². The van der Waals surface area contributed by atoms with E-state index in [2.05, 4.69) is 28.7 Å². The molecule has 1 unspecified atom stereocenters. The van der Waals surface area contributed by atoms with Gasteiger partial charge in [-0.05, 0) is 32.1 Å². The molecule has 0 N–H and O–H groups in total. The van der Waals surface area contributed by atoms with E-state index >= 15 is 0 Å². The average molecular weight is 304 g/mol. The third-order valence-corrected chi connectivity index (χ3v) is 4.22. The molecule has 2 rings (SSSR count). The van der Waals surface area contributed by atoms with Crippen LogP contribution in [-0.4, -0.2) is 47.5 Å². The third-order valence-electron chi connectivity index (χ3n) is 4.22. The van der Waals surface area contributed by atoms with Gasteiger partial charge in [0.05, 0.1) is 0 Å². The van der Waals surface area contributed by atoms with Crippen molar-refractivity contribution >= 4 is 11.7 Å². The van der Waals surface area contributed by atoms with Crippen LogP contribution in [0.15, 0.2) is 6.07 Å². The molecule has 1 saturated heterocycles. The predicted molar refractivity (Wildman–Crippen MR) is 89.2 cm³/mol. The maximum absolute atomic E-state index is 12.5. The highest BCUT2D eigenvalue weighted by molar-refractivity contribution is 5.92. The van der Waals surface area contributed by atoms with Crippen molar-refractivity contribution < 1.29 is 4.79 Å². The molecule has 1 amide bonds. The van der Waals surface area contributed by atoms with Gasteiger partial charge in [0.2, 0.25) is 0 Å². The van der Waals surface area contributed by atoms with Gasteiger partial charge < -0.3 is 9.80 Å². The lowest BCUT2D eigenvalue weighted by molar-refractivity contribution is 0.0787. The lowest BCUT2D eigenvalue weighted by Gasteiger charge is -2.32. The number of aromatic nitrogens is 2. The molecule has 0 aromatic carbocycles. The third kappa shape index (κ3) is 4.18. The molecule has 0 saturated carbocycles. The van der Waals surface area contributed by atoms with E-state index in [0.29, 0.717) is 17.4 Å². The smallest absolute Gasteiger partial charge is 0.272 e. The van der Waals surface area contributed by atoms with Gasteiger partial charge in [-0.25, -0.2) is 9.97 Å². The Morgan fingerprint density at radius 1 is 1.45 bits per heavy atom. The Labute approximate surface area is 133 Å². The molecule has 122 valence electrons. The SMILES string of the molecule is CCCCN(C)C(=O)c1cc(N2CCCC(C)C2)nc(C)n1. The maximum Gasteiger partial charge on any atom is 0.272 e. The first-order chi connectivity index (χ1) is 10.5. The van der Waals surface area contributed by atoms with Crippen LogP contribution in [0.3, 0.4) is 0 Å². The van der Waals surface area contributed by atoms with Gasteiger partial charge in [0, 0.05) is 32.7 Å². The molecule has 5 heteroatoms. The summed E-state index contributed by atoms with van der Waals surface area (Å²) in [6.45, 7) is 9.05. The lowest BCUT2D eigenvalue weighted by atomic mass is 10.0. The number of carbonyl (C=O) groups excluding carboxylic acids is 1. The van der Waals surface area contributed by atoms with Crippen molar-refractivity contribution in [2.75, 3.05) is 31.6 Å². The topological polar surface area (TPSA) is 49.3 Å². The normalized spacial score (nSPS) is 18.4. The number of rotatable bonds is 5. The van der Waals surface area contributed by atoms with Crippen molar-refractivity contribution in [3.8, 4) is 0 Å². The minimum atomic E-state index is -0.00902. The Morgan fingerprint density at radius 3 is 2.91 bits per heavy atom. The number of nitrogens with zero attached hydrogens (tertiary/aromatic N) is 4. The van der Waals surface area contributed by atoms with Crippen LogP contribution >= 0.6 is 0 Å². The van der Waals surface area contributed by atoms with E-state index in [1.54, 1.807) is 4.90 Å². The first-order valence-electron chi connectivity index (χ1n) is 8.37. The molecule has 0 aliphatic carbocycles. The Bertz CT molecular complexity index is 517. The zero-order valence-corrected chi connectivity index (χ0v) is 14.3. The summed E-state index contributed by atoms with van der Waals surface area (Å²) in [6.07, 6.45) is 4.55. The molecule has 0 bridgehead atoms. The second kappa shape index (κ2) is 7.56. The second-order valence-electron chi connectivity index (χ2n) is 6.43. The largest absolute Gasteiger partial charge is 0.356 e. The molecule has 1 aromatic rings. The molecule has 2 heterocycles. The zero-order chi connectivity index (χ0) is 16.1. The monoisotopic (exact) mass is 304 g/mol. The van der Waals surface area contributed by atoms with E-state index in [1.165, 1.54) is 12.8 Å². The molecule has 22 heavy (non-hydrogen) atoms. The van der Waals surface area contributed by atoms with Gasteiger partial charge in [-0.15, -0.1) is 0 Å². The fraction of sp³-hybridized carbons (Fsp3) is 0.706. The van der Waals surface area contributed by atoms with E-state index in [9.17, 15) is 4.79 Å². The molecule has 0 spiro atoms. The minimum absolute atomic E-state index is 0.00902. The molecule has 1 fully saturated rings. The van der Waals surface area contributed by atoms with E-state index in [-0.39, 0.29) is 5.91 Å². The van der Waals surface area contributed by atoms with Crippen LogP contribution in [0.5, 0.6) is 0 Å². The Morgan fingerprint density at radius 2 is 2.23 bits per heavy atom. The standard InChI is InChI=1S/C17H28N4O/c1-5-6-9-20(4)17(22)15-11-16(19-14(3)18-15)21-10-7-8-13(2)12-21/h11,13H,5-10,12H2,1-4H3. The van der Waals surface area contributed by atoms with Crippen LogP contribution in [0.1, 0.15) is 55.8 Å². The fourth-order valence-corrected chi connectivity index (χ4v) is 2.91. The number of carbonyl (C=O) groups is 1. The van der Waals surface area contributed by atoms with E-state index in [4.69, 9.17) is 0 Å². The van der Waals surface area contributed by atoms with E-state index < -0.39 is 0 Å². The fourth-order valence-electron chi connectivity index (χ4n) is 2.91. The quantitative estimate of drug-likeness (QED) is 0.839. The minimum Gasteiger partial charge on any atom is -0.356 e. The van der Waals surface area contributed by atoms with Crippen LogP contribution in [0.2, 0.25) is 0 Å². The van der Waals surface area contributed by atoms with Crippen LogP contribution in [0.25, 0.3) is 0 Å². The average Bonchev–Trinajstić information content (AvgIpc) is 2.51. The molecular weight excluding hydrogens is 276 g/mol. The molecule has 1 atom stereocenters. The van der Waals surface area contributed by atoms with Crippen LogP contribution < -0.4 is 4.90 Å². The van der Waals surface area contributed by atoms with Gasteiger partial charge in [-0.3, -0.25) is 4.79 Å². The molecule has 1 aliphatic rings. The highest BCUT2D eigenvalue weighted by Gasteiger charge is 2.21. The summed E-state index contributed by atoms with van der Waals surface area (Å²) in [4.78, 5) is 25.4. The van der Waals surface area contributed by atoms with Gasteiger partial charge in [-0.2, -0.15) is 0 Å². The summed E-state index contributed by atoms with van der Waals surface area (Å²) in [5, 5.41) is 0.